The summed E-state index contributed by atoms with van der Waals surface area (Å²) in [5.74, 6) is 0.220. The monoisotopic (exact) mass is 455 g/mol. The van der Waals surface area contributed by atoms with Crippen LogP contribution in [-0.2, 0) is 11.2 Å². The molecular formula is C27H22ClN3O2. The van der Waals surface area contributed by atoms with E-state index >= 15 is 0 Å². The molecule has 164 valence electrons. The number of ether oxygens (including phenoxy) is 1. The highest BCUT2D eigenvalue weighted by atomic mass is 35.5. The summed E-state index contributed by atoms with van der Waals surface area (Å²) in [6.45, 7) is 1.92. The molecule has 1 N–H and O–H groups in total. The van der Waals surface area contributed by atoms with Crippen LogP contribution in [0.15, 0.2) is 72.9 Å². The Balaban J connectivity index is 1.35. The number of aromatic amines is 1. The van der Waals surface area contributed by atoms with E-state index in [1.807, 2.05) is 67.6 Å². The van der Waals surface area contributed by atoms with Gasteiger partial charge in [-0.05, 0) is 67.8 Å². The number of pyridine rings is 2. The van der Waals surface area contributed by atoms with Crippen LogP contribution in [0, 0.1) is 6.92 Å². The molecule has 0 bridgehead atoms. The third-order valence-electron chi connectivity index (χ3n) is 5.64. The first-order valence-electron chi connectivity index (χ1n) is 10.9. The summed E-state index contributed by atoms with van der Waals surface area (Å²) in [6.07, 6.45) is 3.38. The fourth-order valence-electron chi connectivity index (χ4n) is 4.09. The SMILES string of the molecule is Cc1ccc2cccc(OC(=O)CCCc3c(-c4ccccn4)[nH]c4ccc(Cl)cc34)c2n1. The number of nitrogens with zero attached hydrogens (tertiary/aromatic N) is 2. The second-order valence-corrected chi connectivity index (χ2v) is 8.43. The first-order chi connectivity index (χ1) is 16.1. The van der Waals surface area contributed by atoms with E-state index in [1.165, 1.54) is 0 Å². The van der Waals surface area contributed by atoms with Crippen LogP contribution in [0.2, 0.25) is 5.02 Å². The van der Waals surface area contributed by atoms with Gasteiger partial charge in [-0.1, -0.05) is 35.9 Å². The molecule has 6 heteroatoms. The molecule has 2 aromatic carbocycles. The minimum Gasteiger partial charge on any atom is -0.424 e. The molecule has 0 radical (unpaired) electrons. The van der Waals surface area contributed by atoms with Crippen molar-refractivity contribution in [1.29, 1.82) is 0 Å². The number of para-hydroxylation sites is 1. The van der Waals surface area contributed by atoms with Gasteiger partial charge in [-0.2, -0.15) is 0 Å². The first kappa shape index (κ1) is 21.2. The number of carbonyl (C=O) groups is 1. The molecule has 5 aromatic rings. The number of benzene rings is 2. The number of carbonyl (C=O) groups excluding carboxylic acids is 1. The van der Waals surface area contributed by atoms with Gasteiger partial charge in [-0.25, -0.2) is 4.98 Å². The van der Waals surface area contributed by atoms with E-state index in [-0.39, 0.29) is 12.4 Å². The average molecular weight is 456 g/mol. The topological polar surface area (TPSA) is 67.9 Å². The third kappa shape index (κ3) is 4.45. The largest absolute Gasteiger partial charge is 0.424 e. The number of fused-ring (bicyclic) bond motifs is 2. The van der Waals surface area contributed by atoms with Crippen molar-refractivity contribution in [3.8, 4) is 17.1 Å². The van der Waals surface area contributed by atoms with Gasteiger partial charge in [0.05, 0.1) is 11.4 Å². The fraction of sp³-hybridized carbons (Fsp3) is 0.148. The number of aryl methyl sites for hydroxylation is 2. The Morgan fingerprint density at radius 3 is 2.82 bits per heavy atom. The van der Waals surface area contributed by atoms with E-state index in [1.54, 1.807) is 12.3 Å². The van der Waals surface area contributed by atoms with Gasteiger partial charge in [0.25, 0.3) is 0 Å². The lowest BCUT2D eigenvalue weighted by Gasteiger charge is -2.08. The predicted molar refractivity (Wildman–Crippen MR) is 132 cm³/mol. The number of H-pyrrole nitrogens is 1. The fourth-order valence-corrected chi connectivity index (χ4v) is 4.26. The van der Waals surface area contributed by atoms with Crippen molar-refractivity contribution in [2.75, 3.05) is 0 Å². The van der Waals surface area contributed by atoms with Crippen LogP contribution < -0.4 is 4.74 Å². The maximum atomic E-state index is 12.7. The number of rotatable bonds is 6. The van der Waals surface area contributed by atoms with Crippen LogP contribution >= 0.6 is 11.6 Å². The van der Waals surface area contributed by atoms with Crippen molar-refractivity contribution < 1.29 is 9.53 Å². The number of hydrogen-bond donors (Lipinski definition) is 1. The number of halogens is 1. The van der Waals surface area contributed by atoms with Crippen LogP contribution in [0.3, 0.4) is 0 Å². The van der Waals surface area contributed by atoms with Crippen LogP contribution in [-0.4, -0.2) is 20.9 Å². The number of esters is 1. The summed E-state index contributed by atoms with van der Waals surface area (Å²) >= 11 is 6.27. The molecule has 0 atom stereocenters. The highest BCUT2D eigenvalue weighted by Gasteiger charge is 2.16. The minimum atomic E-state index is -0.275. The Morgan fingerprint density at radius 2 is 1.97 bits per heavy atom. The molecular weight excluding hydrogens is 434 g/mol. The second-order valence-electron chi connectivity index (χ2n) is 7.99. The quantitative estimate of drug-likeness (QED) is 0.229. The van der Waals surface area contributed by atoms with E-state index in [2.05, 4.69) is 15.0 Å². The smallest absolute Gasteiger partial charge is 0.311 e. The molecule has 5 nitrogen and oxygen atoms in total. The molecule has 3 aromatic heterocycles. The van der Waals surface area contributed by atoms with E-state index in [4.69, 9.17) is 16.3 Å². The van der Waals surface area contributed by atoms with E-state index in [0.717, 1.165) is 38.9 Å². The molecule has 33 heavy (non-hydrogen) atoms. The number of aromatic nitrogens is 3. The highest BCUT2D eigenvalue weighted by molar-refractivity contribution is 6.31. The second kappa shape index (κ2) is 9.04. The Kier molecular flexibility index (Phi) is 5.80. The van der Waals surface area contributed by atoms with Crippen molar-refractivity contribution in [1.82, 2.24) is 15.0 Å². The molecule has 0 saturated heterocycles. The summed E-state index contributed by atoms with van der Waals surface area (Å²) in [5.41, 5.74) is 5.49. The van der Waals surface area contributed by atoms with Crippen molar-refractivity contribution in [2.24, 2.45) is 0 Å². The van der Waals surface area contributed by atoms with Gasteiger partial charge in [0, 0.05) is 39.6 Å². The zero-order chi connectivity index (χ0) is 22.8. The van der Waals surface area contributed by atoms with Crippen molar-refractivity contribution in [3.05, 3.63) is 89.2 Å². The van der Waals surface area contributed by atoms with Gasteiger partial charge < -0.3 is 9.72 Å². The predicted octanol–water partition coefficient (Wildman–Crippen LogP) is 6.67. The molecule has 5 rings (SSSR count). The Bertz CT molecular complexity index is 1460. The highest BCUT2D eigenvalue weighted by Crippen LogP contribution is 2.32. The first-order valence-corrected chi connectivity index (χ1v) is 11.2. The molecule has 0 unspecified atom stereocenters. The Labute approximate surface area is 196 Å². The van der Waals surface area contributed by atoms with Gasteiger partial charge in [0.1, 0.15) is 5.52 Å². The Hall–Kier alpha value is -3.70. The molecule has 0 amide bonds. The molecule has 0 aliphatic carbocycles. The standard InChI is InChI=1S/C27H22ClN3O2/c1-17-11-12-18-6-4-9-24(26(18)30-17)33-25(32)10-5-7-20-21-16-19(28)13-14-22(21)31-27(20)23-8-2-3-15-29-23/h2-4,6,8-9,11-16,31H,5,7,10H2,1H3. The summed E-state index contributed by atoms with van der Waals surface area (Å²) in [6, 6.07) is 21.2. The zero-order valence-corrected chi connectivity index (χ0v) is 18.9. The minimum absolute atomic E-state index is 0.275. The van der Waals surface area contributed by atoms with Crippen LogP contribution in [0.25, 0.3) is 33.2 Å². The van der Waals surface area contributed by atoms with Crippen molar-refractivity contribution in [2.45, 2.75) is 26.2 Å². The van der Waals surface area contributed by atoms with E-state index in [0.29, 0.717) is 29.1 Å². The Morgan fingerprint density at radius 1 is 1.06 bits per heavy atom. The van der Waals surface area contributed by atoms with Crippen molar-refractivity contribution in [3.63, 3.8) is 0 Å². The average Bonchev–Trinajstić information content (AvgIpc) is 3.18. The molecule has 0 saturated carbocycles. The lowest BCUT2D eigenvalue weighted by atomic mass is 10.0. The summed E-state index contributed by atoms with van der Waals surface area (Å²) in [4.78, 5) is 25.2. The van der Waals surface area contributed by atoms with Gasteiger partial charge in [0.2, 0.25) is 0 Å². The van der Waals surface area contributed by atoms with E-state index < -0.39 is 0 Å². The van der Waals surface area contributed by atoms with Gasteiger partial charge in [0.15, 0.2) is 5.75 Å². The normalized spacial score (nSPS) is 11.2. The summed E-state index contributed by atoms with van der Waals surface area (Å²) < 4.78 is 5.68. The summed E-state index contributed by atoms with van der Waals surface area (Å²) in [7, 11) is 0. The lowest BCUT2D eigenvalue weighted by molar-refractivity contribution is -0.134. The van der Waals surface area contributed by atoms with Gasteiger partial charge in [-0.3, -0.25) is 9.78 Å². The molecule has 0 aliphatic rings. The molecule has 0 spiro atoms. The summed E-state index contributed by atoms with van der Waals surface area (Å²) in [5, 5.41) is 2.67. The third-order valence-corrected chi connectivity index (χ3v) is 5.88. The number of hydrogen-bond acceptors (Lipinski definition) is 4. The van der Waals surface area contributed by atoms with Crippen LogP contribution in [0.4, 0.5) is 0 Å². The lowest BCUT2D eigenvalue weighted by Crippen LogP contribution is -2.09. The van der Waals surface area contributed by atoms with Gasteiger partial charge in [-0.15, -0.1) is 0 Å². The van der Waals surface area contributed by atoms with Crippen LogP contribution in [0.5, 0.6) is 5.75 Å². The van der Waals surface area contributed by atoms with Crippen molar-refractivity contribution >= 4 is 39.4 Å². The molecule has 3 heterocycles. The maximum absolute atomic E-state index is 12.7. The zero-order valence-electron chi connectivity index (χ0n) is 18.1. The molecule has 0 fully saturated rings. The molecule has 0 aliphatic heterocycles. The maximum Gasteiger partial charge on any atom is 0.311 e. The number of nitrogens with one attached hydrogen (secondary N) is 1. The van der Waals surface area contributed by atoms with E-state index in [9.17, 15) is 4.79 Å². The van der Waals surface area contributed by atoms with Crippen LogP contribution in [0.1, 0.15) is 24.1 Å². The van der Waals surface area contributed by atoms with Gasteiger partial charge >= 0.3 is 5.97 Å².